The third-order valence-electron chi connectivity index (χ3n) is 3.02. The summed E-state index contributed by atoms with van der Waals surface area (Å²) in [7, 11) is 1.59. The minimum Gasteiger partial charge on any atom is -0.497 e. The number of amides is 2. The summed E-state index contributed by atoms with van der Waals surface area (Å²) in [5, 5.41) is 6.08. The van der Waals surface area contributed by atoms with Crippen LogP contribution in [0.4, 0.5) is 16.4 Å². The predicted octanol–water partition coefficient (Wildman–Crippen LogP) is 3.86. The van der Waals surface area contributed by atoms with Crippen molar-refractivity contribution in [1.29, 1.82) is 0 Å². The highest BCUT2D eigenvalue weighted by Crippen LogP contribution is 2.22. The molecule has 23 heavy (non-hydrogen) atoms. The van der Waals surface area contributed by atoms with Crippen LogP contribution in [0.3, 0.4) is 0 Å². The zero-order valence-corrected chi connectivity index (χ0v) is 13.1. The van der Waals surface area contributed by atoms with E-state index in [1.54, 1.807) is 31.4 Å². The number of carbonyl (C=O) groups is 1. The number of anilines is 2. The number of aromatic nitrogens is 2. The van der Waals surface area contributed by atoms with Crippen LogP contribution in [0.1, 0.15) is 0 Å². The van der Waals surface area contributed by atoms with E-state index in [-0.39, 0.29) is 5.95 Å². The fraction of sp³-hybridized carbons (Fsp3) is 0.0625. The summed E-state index contributed by atoms with van der Waals surface area (Å²) in [5.41, 5.74) is 1.62. The van der Waals surface area contributed by atoms with Crippen LogP contribution < -0.4 is 15.4 Å². The summed E-state index contributed by atoms with van der Waals surface area (Å²) >= 11 is 1.24. The molecular weight excluding hydrogens is 312 g/mol. The molecular formula is C16H14N4O2S. The van der Waals surface area contributed by atoms with E-state index in [0.29, 0.717) is 5.69 Å². The van der Waals surface area contributed by atoms with Crippen LogP contribution in [0.2, 0.25) is 0 Å². The molecule has 1 heterocycles. The van der Waals surface area contributed by atoms with Gasteiger partial charge in [0.2, 0.25) is 5.95 Å². The molecule has 0 fully saturated rings. The van der Waals surface area contributed by atoms with E-state index in [1.807, 2.05) is 30.3 Å². The van der Waals surface area contributed by atoms with E-state index in [9.17, 15) is 4.79 Å². The Balaban J connectivity index is 1.63. The molecule has 0 atom stereocenters. The average molecular weight is 326 g/mol. The highest BCUT2D eigenvalue weighted by atomic mass is 32.1. The largest absolute Gasteiger partial charge is 0.497 e. The molecule has 0 aliphatic carbocycles. The van der Waals surface area contributed by atoms with Gasteiger partial charge in [0.25, 0.3) is 0 Å². The predicted molar refractivity (Wildman–Crippen MR) is 91.0 cm³/mol. The first-order chi connectivity index (χ1) is 11.2. The number of benzene rings is 2. The third-order valence-corrected chi connectivity index (χ3v) is 3.78. The monoisotopic (exact) mass is 326 g/mol. The topological polar surface area (TPSA) is 76.1 Å². The van der Waals surface area contributed by atoms with Crippen LogP contribution in [-0.2, 0) is 0 Å². The van der Waals surface area contributed by atoms with Gasteiger partial charge in [0.15, 0.2) is 0 Å². The molecule has 2 aromatic carbocycles. The van der Waals surface area contributed by atoms with Gasteiger partial charge in [-0.1, -0.05) is 30.3 Å². The van der Waals surface area contributed by atoms with E-state index in [0.717, 1.165) is 16.3 Å². The van der Waals surface area contributed by atoms with Crippen LogP contribution >= 0.6 is 11.5 Å². The lowest BCUT2D eigenvalue weighted by molar-refractivity contribution is 0.262. The molecule has 0 bridgehead atoms. The Kier molecular flexibility index (Phi) is 4.49. The molecule has 3 aromatic rings. The van der Waals surface area contributed by atoms with E-state index in [2.05, 4.69) is 20.0 Å². The number of urea groups is 1. The first-order valence-corrected chi connectivity index (χ1v) is 7.63. The van der Waals surface area contributed by atoms with Crippen molar-refractivity contribution in [3.8, 4) is 16.3 Å². The molecule has 116 valence electrons. The number of ether oxygens (including phenoxy) is 1. The van der Waals surface area contributed by atoms with Crippen molar-refractivity contribution in [2.45, 2.75) is 0 Å². The fourth-order valence-electron chi connectivity index (χ4n) is 1.91. The van der Waals surface area contributed by atoms with Gasteiger partial charge < -0.3 is 10.1 Å². The Morgan fingerprint density at radius 1 is 1.04 bits per heavy atom. The second-order valence-electron chi connectivity index (χ2n) is 4.60. The lowest BCUT2D eigenvalue weighted by Crippen LogP contribution is -2.20. The zero-order valence-electron chi connectivity index (χ0n) is 12.3. The Labute approximate surface area is 137 Å². The second kappa shape index (κ2) is 6.89. The van der Waals surface area contributed by atoms with Gasteiger partial charge >= 0.3 is 6.03 Å². The molecule has 0 aliphatic heterocycles. The molecule has 6 nitrogen and oxygen atoms in total. The Bertz CT molecular complexity index is 787. The molecule has 0 saturated carbocycles. The number of carbonyl (C=O) groups excluding carboxylic acids is 1. The lowest BCUT2D eigenvalue weighted by atomic mass is 10.2. The summed E-state index contributed by atoms with van der Waals surface area (Å²) in [6, 6.07) is 16.3. The molecule has 2 amide bonds. The second-order valence-corrected chi connectivity index (χ2v) is 5.35. The highest BCUT2D eigenvalue weighted by Gasteiger charge is 2.09. The molecule has 0 saturated heterocycles. The van der Waals surface area contributed by atoms with Gasteiger partial charge in [-0.2, -0.15) is 9.36 Å². The first kappa shape index (κ1) is 15.0. The maximum Gasteiger partial charge on any atom is 0.326 e. The van der Waals surface area contributed by atoms with Gasteiger partial charge in [-0.3, -0.25) is 5.32 Å². The standard InChI is InChI=1S/C16H14N4O2S/c1-22-13-9-7-12(8-10-13)17-16(21)19-15-18-14(23-20-15)11-5-3-2-4-6-11/h2-10H,1H3,(H2,17,19,20,21). The quantitative estimate of drug-likeness (QED) is 0.763. The van der Waals surface area contributed by atoms with Crippen molar-refractivity contribution in [2.24, 2.45) is 0 Å². The van der Waals surface area contributed by atoms with Crippen LogP contribution in [-0.4, -0.2) is 22.5 Å². The molecule has 0 spiro atoms. The summed E-state index contributed by atoms with van der Waals surface area (Å²) < 4.78 is 9.21. The summed E-state index contributed by atoms with van der Waals surface area (Å²) in [5.74, 6) is 1.00. The maximum atomic E-state index is 12.0. The van der Waals surface area contributed by atoms with Gasteiger partial charge in [-0.15, -0.1) is 0 Å². The first-order valence-electron chi connectivity index (χ1n) is 6.86. The van der Waals surface area contributed by atoms with Gasteiger partial charge in [0.1, 0.15) is 10.8 Å². The minimum absolute atomic E-state index is 0.278. The normalized spacial score (nSPS) is 10.1. The Hall–Kier alpha value is -2.93. The number of rotatable bonds is 4. The van der Waals surface area contributed by atoms with Crippen LogP contribution in [0.25, 0.3) is 10.6 Å². The number of hydrogen-bond acceptors (Lipinski definition) is 5. The average Bonchev–Trinajstić information content (AvgIpc) is 3.04. The number of nitrogens with zero attached hydrogens (tertiary/aromatic N) is 2. The van der Waals surface area contributed by atoms with E-state index < -0.39 is 6.03 Å². The smallest absolute Gasteiger partial charge is 0.326 e. The van der Waals surface area contributed by atoms with E-state index >= 15 is 0 Å². The number of hydrogen-bond donors (Lipinski definition) is 2. The molecule has 2 N–H and O–H groups in total. The van der Waals surface area contributed by atoms with Crippen molar-refractivity contribution in [3.63, 3.8) is 0 Å². The summed E-state index contributed by atoms with van der Waals surface area (Å²) in [4.78, 5) is 16.3. The van der Waals surface area contributed by atoms with Crippen LogP contribution in [0.5, 0.6) is 5.75 Å². The van der Waals surface area contributed by atoms with Crippen LogP contribution in [0.15, 0.2) is 54.6 Å². The molecule has 3 rings (SSSR count). The number of nitrogens with one attached hydrogen (secondary N) is 2. The van der Waals surface area contributed by atoms with Crippen molar-refractivity contribution < 1.29 is 9.53 Å². The Morgan fingerprint density at radius 2 is 1.78 bits per heavy atom. The zero-order chi connectivity index (χ0) is 16.1. The van der Waals surface area contributed by atoms with Gasteiger partial charge in [-0.25, -0.2) is 4.79 Å². The van der Waals surface area contributed by atoms with Crippen molar-refractivity contribution in [3.05, 3.63) is 54.6 Å². The highest BCUT2D eigenvalue weighted by molar-refractivity contribution is 7.09. The number of methoxy groups -OCH3 is 1. The van der Waals surface area contributed by atoms with E-state index in [4.69, 9.17) is 4.74 Å². The van der Waals surface area contributed by atoms with Crippen molar-refractivity contribution >= 4 is 29.2 Å². The molecule has 0 aliphatic rings. The molecule has 7 heteroatoms. The van der Waals surface area contributed by atoms with Crippen molar-refractivity contribution in [2.75, 3.05) is 17.7 Å². The van der Waals surface area contributed by atoms with Crippen LogP contribution in [0, 0.1) is 0 Å². The van der Waals surface area contributed by atoms with Crippen molar-refractivity contribution in [1.82, 2.24) is 9.36 Å². The summed E-state index contributed by atoms with van der Waals surface area (Å²) in [6.07, 6.45) is 0. The summed E-state index contributed by atoms with van der Waals surface area (Å²) in [6.45, 7) is 0. The minimum atomic E-state index is -0.396. The van der Waals surface area contributed by atoms with Gasteiger partial charge in [-0.05, 0) is 35.8 Å². The maximum absolute atomic E-state index is 12.0. The molecule has 1 aromatic heterocycles. The molecule has 0 radical (unpaired) electrons. The lowest BCUT2D eigenvalue weighted by Gasteiger charge is -2.05. The molecule has 0 unspecified atom stereocenters. The Morgan fingerprint density at radius 3 is 2.48 bits per heavy atom. The fourth-order valence-corrected chi connectivity index (χ4v) is 2.54. The van der Waals surface area contributed by atoms with Gasteiger partial charge in [0.05, 0.1) is 7.11 Å². The SMILES string of the molecule is COc1ccc(NC(=O)Nc2nsc(-c3ccccc3)n2)cc1. The van der Waals surface area contributed by atoms with Gasteiger partial charge in [0, 0.05) is 11.3 Å². The van der Waals surface area contributed by atoms with E-state index in [1.165, 1.54) is 11.5 Å². The third kappa shape index (κ3) is 3.83.